The third kappa shape index (κ3) is 1.35. The van der Waals surface area contributed by atoms with Gasteiger partial charge in [0.15, 0.2) is 0 Å². The molecule has 0 spiro atoms. The second-order valence-corrected chi connectivity index (χ2v) is 2.79. The standard InChI is InChI=1S/C9H10N/c1-2-9(7-10-5-1)6-8-3-4-8/h1-2,5,7H,3-4,6H2. The lowest BCUT2D eigenvalue weighted by Crippen LogP contribution is -1.84. The number of pyridine rings is 1. The molecule has 1 fully saturated rings. The smallest absolute Gasteiger partial charge is 0.0300 e. The minimum absolute atomic E-state index is 1.16. The molecule has 0 unspecified atom stereocenters. The third-order valence-electron chi connectivity index (χ3n) is 1.78. The first-order valence-corrected chi connectivity index (χ1v) is 3.67. The van der Waals surface area contributed by atoms with Crippen molar-refractivity contribution in [3.8, 4) is 0 Å². The van der Waals surface area contributed by atoms with Gasteiger partial charge in [0, 0.05) is 12.4 Å². The van der Waals surface area contributed by atoms with E-state index in [0.717, 1.165) is 6.42 Å². The lowest BCUT2D eigenvalue weighted by Gasteiger charge is -1.94. The zero-order valence-electron chi connectivity index (χ0n) is 5.88. The Bertz CT molecular complexity index is 201. The molecule has 1 heteroatoms. The highest BCUT2D eigenvalue weighted by Crippen LogP contribution is 2.34. The van der Waals surface area contributed by atoms with E-state index in [0.29, 0.717) is 0 Å². The monoisotopic (exact) mass is 132 g/mol. The van der Waals surface area contributed by atoms with Gasteiger partial charge < -0.3 is 0 Å². The van der Waals surface area contributed by atoms with Crippen molar-refractivity contribution in [3.63, 3.8) is 0 Å². The summed E-state index contributed by atoms with van der Waals surface area (Å²) in [4.78, 5) is 4.05. The lowest BCUT2D eigenvalue weighted by molar-refractivity contribution is 1.09. The minimum Gasteiger partial charge on any atom is -0.264 e. The average molecular weight is 132 g/mol. The molecule has 0 amide bonds. The van der Waals surface area contributed by atoms with Crippen molar-refractivity contribution in [1.82, 2.24) is 4.98 Å². The molecule has 2 rings (SSSR count). The van der Waals surface area contributed by atoms with Gasteiger partial charge in [0.1, 0.15) is 0 Å². The SMILES string of the molecule is c1cncc(C[C]2CC2)c1. The van der Waals surface area contributed by atoms with Crippen molar-refractivity contribution in [2.24, 2.45) is 0 Å². The average Bonchev–Trinajstić information content (AvgIpc) is 2.74. The summed E-state index contributed by atoms with van der Waals surface area (Å²) in [7, 11) is 0. The fourth-order valence-corrected chi connectivity index (χ4v) is 1.06. The highest BCUT2D eigenvalue weighted by molar-refractivity contribution is 5.19. The van der Waals surface area contributed by atoms with Gasteiger partial charge in [0.25, 0.3) is 0 Å². The molecule has 51 valence electrons. The van der Waals surface area contributed by atoms with Crippen molar-refractivity contribution >= 4 is 0 Å². The number of rotatable bonds is 2. The van der Waals surface area contributed by atoms with Gasteiger partial charge in [0.2, 0.25) is 0 Å². The van der Waals surface area contributed by atoms with E-state index in [1.54, 1.807) is 5.92 Å². The van der Waals surface area contributed by atoms with Crippen molar-refractivity contribution in [2.45, 2.75) is 19.3 Å². The van der Waals surface area contributed by atoms with Crippen LogP contribution in [0.5, 0.6) is 0 Å². The fraction of sp³-hybridized carbons (Fsp3) is 0.333. The molecule has 0 aromatic carbocycles. The van der Waals surface area contributed by atoms with Crippen molar-refractivity contribution in [2.75, 3.05) is 0 Å². The van der Waals surface area contributed by atoms with Gasteiger partial charge in [-0.2, -0.15) is 0 Å². The summed E-state index contributed by atoms with van der Waals surface area (Å²) in [6.45, 7) is 0. The Morgan fingerprint density at radius 1 is 1.40 bits per heavy atom. The molecule has 1 radical (unpaired) electrons. The van der Waals surface area contributed by atoms with Crippen LogP contribution in [-0.4, -0.2) is 4.98 Å². The van der Waals surface area contributed by atoms with Gasteiger partial charge in [-0.15, -0.1) is 0 Å². The van der Waals surface area contributed by atoms with Crippen molar-refractivity contribution < 1.29 is 0 Å². The highest BCUT2D eigenvalue weighted by Gasteiger charge is 2.21. The molecule has 1 aromatic heterocycles. The summed E-state index contributed by atoms with van der Waals surface area (Å²) in [6.07, 6.45) is 7.62. The number of aromatic nitrogens is 1. The van der Waals surface area contributed by atoms with Gasteiger partial charge in [-0.1, -0.05) is 6.07 Å². The Balaban J connectivity index is 2.03. The van der Waals surface area contributed by atoms with E-state index in [9.17, 15) is 0 Å². The molecular formula is C9H10N. The largest absolute Gasteiger partial charge is 0.264 e. The molecule has 0 N–H and O–H groups in total. The van der Waals surface area contributed by atoms with E-state index in [1.807, 2.05) is 18.5 Å². The van der Waals surface area contributed by atoms with E-state index in [4.69, 9.17) is 0 Å². The molecule has 1 saturated carbocycles. The molecule has 1 aromatic rings. The van der Waals surface area contributed by atoms with Crippen molar-refractivity contribution in [1.29, 1.82) is 0 Å². The maximum atomic E-state index is 4.05. The van der Waals surface area contributed by atoms with Crippen LogP contribution in [0.1, 0.15) is 18.4 Å². The number of hydrogen-bond donors (Lipinski definition) is 0. The quantitative estimate of drug-likeness (QED) is 0.599. The van der Waals surface area contributed by atoms with Crippen LogP contribution >= 0.6 is 0 Å². The summed E-state index contributed by atoms with van der Waals surface area (Å²) in [5, 5.41) is 0. The maximum Gasteiger partial charge on any atom is 0.0300 e. The predicted octanol–water partition coefficient (Wildman–Crippen LogP) is 1.99. The summed E-state index contributed by atoms with van der Waals surface area (Å²) in [5.41, 5.74) is 1.36. The van der Waals surface area contributed by atoms with E-state index in [2.05, 4.69) is 11.1 Å². The van der Waals surface area contributed by atoms with E-state index in [1.165, 1.54) is 18.4 Å². The Morgan fingerprint density at radius 3 is 2.90 bits per heavy atom. The van der Waals surface area contributed by atoms with E-state index >= 15 is 0 Å². The molecule has 1 aliphatic rings. The Kier molecular flexibility index (Phi) is 1.42. The normalized spacial score (nSPS) is 17.2. The van der Waals surface area contributed by atoms with Gasteiger partial charge in [0.05, 0.1) is 0 Å². The third-order valence-corrected chi connectivity index (χ3v) is 1.78. The predicted molar refractivity (Wildman–Crippen MR) is 40.4 cm³/mol. The van der Waals surface area contributed by atoms with Gasteiger partial charge in [-0.05, 0) is 36.8 Å². The fourth-order valence-electron chi connectivity index (χ4n) is 1.06. The van der Waals surface area contributed by atoms with Crippen LogP contribution in [0.15, 0.2) is 24.5 Å². The van der Waals surface area contributed by atoms with E-state index < -0.39 is 0 Å². The molecule has 0 bridgehead atoms. The highest BCUT2D eigenvalue weighted by atomic mass is 14.6. The molecule has 0 atom stereocenters. The van der Waals surface area contributed by atoms with Crippen LogP contribution in [0.3, 0.4) is 0 Å². The zero-order chi connectivity index (χ0) is 6.81. The summed E-state index contributed by atoms with van der Waals surface area (Å²) in [6, 6.07) is 4.14. The van der Waals surface area contributed by atoms with Crippen molar-refractivity contribution in [3.05, 3.63) is 36.0 Å². The Labute approximate surface area is 61.1 Å². The topological polar surface area (TPSA) is 12.9 Å². The number of hydrogen-bond acceptors (Lipinski definition) is 1. The first-order valence-electron chi connectivity index (χ1n) is 3.67. The zero-order valence-corrected chi connectivity index (χ0v) is 5.88. The van der Waals surface area contributed by atoms with Crippen LogP contribution < -0.4 is 0 Å². The Hall–Kier alpha value is -0.850. The summed E-state index contributed by atoms with van der Waals surface area (Å²) >= 11 is 0. The number of nitrogens with zero attached hydrogens (tertiary/aromatic N) is 1. The van der Waals surface area contributed by atoms with Crippen LogP contribution in [0.2, 0.25) is 0 Å². The first kappa shape index (κ1) is 5.90. The summed E-state index contributed by atoms with van der Waals surface area (Å²) in [5.74, 6) is 1.67. The van der Waals surface area contributed by atoms with E-state index in [-0.39, 0.29) is 0 Å². The minimum atomic E-state index is 1.16. The van der Waals surface area contributed by atoms with Crippen LogP contribution in [0.25, 0.3) is 0 Å². The first-order chi connectivity index (χ1) is 4.95. The molecule has 10 heavy (non-hydrogen) atoms. The molecule has 0 aliphatic heterocycles. The molecule has 1 aliphatic carbocycles. The van der Waals surface area contributed by atoms with Crippen LogP contribution in [-0.2, 0) is 6.42 Å². The molecule has 1 heterocycles. The summed E-state index contributed by atoms with van der Waals surface area (Å²) < 4.78 is 0. The molecule has 1 nitrogen and oxygen atoms in total. The second-order valence-electron chi connectivity index (χ2n) is 2.79. The van der Waals surface area contributed by atoms with Crippen LogP contribution in [0.4, 0.5) is 0 Å². The van der Waals surface area contributed by atoms with Gasteiger partial charge >= 0.3 is 0 Å². The molecule has 0 saturated heterocycles. The van der Waals surface area contributed by atoms with Crippen LogP contribution in [0, 0.1) is 5.92 Å². The van der Waals surface area contributed by atoms with Gasteiger partial charge in [-0.25, -0.2) is 0 Å². The Morgan fingerprint density at radius 2 is 2.30 bits per heavy atom. The second kappa shape index (κ2) is 2.41. The van der Waals surface area contributed by atoms with Gasteiger partial charge in [-0.3, -0.25) is 4.98 Å². The maximum absolute atomic E-state index is 4.05. The lowest BCUT2D eigenvalue weighted by atomic mass is 10.1. The molecular weight excluding hydrogens is 122 g/mol.